The molecule has 3 aromatic rings. The Morgan fingerprint density at radius 2 is 1.65 bits per heavy atom. The highest BCUT2D eigenvalue weighted by Crippen LogP contribution is 2.53. The van der Waals surface area contributed by atoms with E-state index in [-0.39, 0.29) is 57.5 Å². The summed E-state index contributed by atoms with van der Waals surface area (Å²) in [5, 5.41) is 58.2. The number of aliphatic hydroxyl groups is 3. The Bertz CT molecular complexity index is 2200. The van der Waals surface area contributed by atoms with Crippen molar-refractivity contribution in [3.8, 4) is 16.9 Å². The molecule has 0 aromatic heterocycles. The molecule has 3 aliphatic carbocycles. The molecule has 4 aliphatic rings. The number of nitro benzene ring substituents is 1. The fraction of sp³-hybridized carbons (Fsp3) is 0.250. The lowest BCUT2D eigenvalue weighted by atomic mass is 9.58. The minimum absolute atomic E-state index is 0.0747. The van der Waals surface area contributed by atoms with Crippen molar-refractivity contribution in [2.24, 2.45) is 17.6 Å². The number of fused-ring (bicyclic) bond motifs is 4. The van der Waals surface area contributed by atoms with Gasteiger partial charge in [-0.3, -0.25) is 43.9 Å². The van der Waals surface area contributed by atoms with Gasteiger partial charge in [-0.15, -0.1) is 0 Å². The lowest BCUT2D eigenvalue weighted by Crippen LogP contribution is -2.63. The van der Waals surface area contributed by atoms with Crippen molar-refractivity contribution in [3.63, 3.8) is 0 Å². The molecule has 0 spiro atoms. The summed E-state index contributed by atoms with van der Waals surface area (Å²) in [6.45, 7) is -0.504. The van der Waals surface area contributed by atoms with E-state index in [2.05, 4.69) is 0 Å². The zero-order valence-electron chi connectivity index (χ0n) is 27.1. The van der Waals surface area contributed by atoms with E-state index in [0.29, 0.717) is 0 Å². The van der Waals surface area contributed by atoms with Crippen molar-refractivity contribution in [2.75, 3.05) is 14.1 Å². The number of non-ortho nitro benzene ring substituents is 1. The summed E-state index contributed by atoms with van der Waals surface area (Å²) in [6, 6.07) is 11.9. The van der Waals surface area contributed by atoms with Gasteiger partial charge in [0, 0.05) is 29.2 Å². The van der Waals surface area contributed by atoms with Crippen LogP contribution in [-0.2, 0) is 22.6 Å². The summed E-state index contributed by atoms with van der Waals surface area (Å²) < 4.78 is 0. The Kier molecular flexibility index (Phi) is 7.47. The van der Waals surface area contributed by atoms with E-state index < -0.39 is 92.6 Å². The van der Waals surface area contributed by atoms with Gasteiger partial charge < -0.3 is 26.2 Å². The molecule has 6 N–H and O–H groups in total. The number of hydrogen-bond donors (Lipinski definition) is 5. The number of aromatic hydroxyl groups is 1. The molecule has 0 fully saturated rings. The van der Waals surface area contributed by atoms with Gasteiger partial charge in [0.2, 0.25) is 5.78 Å². The number of phenols is 1. The molecule has 1 aliphatic heterocycles. The van der Waals surface area contributed by atoms with Crippen LogP contribution >= 0.6 is 0 Å². The maximum Gasteiger partial charge on any atom is 0.270 e. The maximum absolute atomic E-state index is 14.5. The number of ketones is 2. The van der Waals surface area contributed by atoms with Crippen LogP contribution in [0.15, 0.2) is 77.3 Å². The SMILES string of the molecule is CN(C)[C@@H]1C(O)=C(C(N)=O)C(=O)[C@@]2(O)C(O)=C3C(=O)c4c(O)c(CN5C(=O)c6ccccc6C5=O)cc(-c5cccc([N+](=O)[O-])c5)c4C[C@H]3C[C@@H]12. The smallest absolute Gasteiger partial charge is 0.270 e. The number of primary amides is 1. The summed E-state index contributed by atoms with van der Waals surface area (Å²) in [5.41, 5.74) is 1.51. The largest absolute Gasteiger partial charge is 0.510 e. The molecule has 0 radical (unpaired) electrons. The minimum Gasteiger partial charge on any atom is -0.510 e. The molecular weight excluding hydrogens is 664 g/mol. The zero-order valence-corrected chi connectivity index (χ0v) is 27.1. The molecule has 15 nitrogen and oxygen atoms in total. The van der Waals surface area contributed by atoms with Crippen molar-refractivity contribution in [1.29, 1.82) is 0 Å². The number of allylic oxidation sites excluding steroid dienone is 1. The zero-order chi connectivity index (χ0) is 36.8. The van der Waals surface area contributed by atoms with Crippen molar-refractivity contribution in [2.45, 2.75) is 31.0 Å². The fourth-order valence-corrected chi connectivity index (χ4v) is 8.09. The first-order valence-electron chi connectivity index (χ1n) is 15.8. The van der Waals surface area contributed by atoms with E-state index in [4.69, 9.17) is 5.73 Å². The van der Waals surface area contributed by atoms with E-state index in [1.165, 1.54) is 55.4 Å². The van der Waals surface area contributed by atoms with Gasteiger partial charge in [-0.05, 0) is 67.7 Å². The first-order chi connectivity index (χ1) is 24.1. The molecule has 51 heavy (non-hydrogen) atoms. The van der Waals surface area contributed by atoms with E-state index in [1.54, 1.807) is 18.2 Å². The van der Waals surface area contributed by atoms with Gasteiger partial charge in [-0.25, -0.2) is 0 Å². The second-order valence-electron chi connectivity index (χ2n) is 13.3. The molecule has 15 heteroatoms. The highest BCUT2D eigenvalue weighted by atomic mass is 16.6. The average molecular weight is 695 g/mol. The second kappa shape index (κ2) is 11.4. The number of rotatable bonds is 6. The number of benzene rings is 3. The van der Waals surface area contributed by atoms with Crippen LogP contribution in [0.4, 0.5) is 5.69 Å². The van der Waals surface area contributed by atoms with Crippen LogP contribution in [0.5, 0.6) is 5.75 Å². The van der Waals surface area contributed by atoms with Crippen molar-refractivity contribution in [3.05, 3.63) is 115 Å². The fourth-order valence-electron chi connectivity index (χ4n) is 8.09. The van der Waals surface area contributed by atoms with Gasteiger partial charge in [0.05, 0.1) is 34.2 Å². The molecular formula is C36H30N4O11. The van der Waals surface area contributed by atoms with Crippen LogP contribution in [0.1, 0.15) is 48.6 Å². The van der Waals surface area contributed by atoms with Crippen molar-refractivity contribution >= 4 is 35.0 Å². The van der Waals surface area contributed by atoms with Gasteiger partial charge in [0.15, 0.2) is 11.4 Å². The standard InChI is InChI=1S/C36H30N4O11/c1-38(2)27-23-13-16-11-22-21(15-6-5-7-18(10-15)40(50)51)12-17(14-39-34(47)19-8-3-4-9-20(19)35(39)48)28(41)25(22)29(42)24(16)31(44)36(23,49)32(45)26(30(27)43)33(37)46/h3-10,12,16,23,27,41,43-44,49H,11,13-14H2,1-2H3,(H2,37,46)/t16-,23-,27-,36-/m0/s1. The summed E-state index contributed by atoms with van der Waals surface area (Å²) >= 11 is 0. The van der Waals surface area contributed by atoms with Gasteiger partial charge >= 0.3 is 0 Å². The third-order valence-electron chi connectivity index (χ3n) is 10.4. The van der Waals surface area contributed by atoms with Crippen LogP contribution in [-0.4, -0.2) is 90.2 Å². The number of phenolic OH excluding ortho intramolecular Hbond substituents is 1. The molecule has 1 heterocycles. The average Bonchev–Trinajstić information content (AvgIpc) is 3.32. The number of imide groups is 1. The second-order valence-corrected chi connectivity index (χ2v) is 13.3. The summed E-state index contributed by atoms with van der Waals surface area (Å²) in [4.78, 5) is 80.5. The third kappa shape index (κ3) is 4.62. The number of nitro groups is 1. The number of carbonyl (C=O) groups excluding carboxylic acids is 5. The van der Waals surface area contributed by atoms with Crippen LogP contribution in [0.25, 0.3) is 11.1 Å². The topological polar surface area (TPSA) is 242 Å². The number of nitrogens with zero attached hydrogens (tertiary/aromatic N) is 3. The van der Waals surface area contributed by atoms with Crippen LogP contribution in [0, 0.1) is 22.0 Å². The Morgan fingerprint density at radius 3 is 2.24 bits per heavy atom. The maximum atomic E-state index is 14.5. The number of aliphatic hydroxyl groups excluding tert-OH is 2. The predicted octanol–water partition coefficient (Wildman–Crippen LogP) is 2.49. The molecule has 0 bridgehead atoms. The summed E-state index contributed by atoms with van der Waals surface area (Å²) in [7, 11) is 3.03. The molecule has 0 saturated heterocycles. The first kappa shape index (κ1) is 33.3. The lowest BCUT2D eigenvalue weighted by molar-refractivity contribution is -0.384. The monoisotopic (exact) mass is 694 g/mol. The number of hydrogen-bond acceptors (Lipinski definition) is 12. The van der Waals surface area contributed by atoms with Gasteiger partial charge in [0.25, 0.3) is 23.4 Å². The van der Waals surface area contributed by atoms with Crippen molar-refractivity contribution in [1.82, 2.24) is 9.80 Å². The lowest BCUT2D eigenvalue weighted by Gasteiger charge is -2.50. The van der Waals surface area contributed by atoms with E-state index >= 15 is 0 Å². The van der Waals surface area contributed by atoms with Crippen LogP contribution < -0.4 is 5.73 Å². The summed E-state index contributed by atoms with van der Waals surface area (Å²) in [5.74, 6) is -9.62. The van der Waals surface area contributed by atoms with Gasteiger partial charge in [-0.1, -0.05) is 24.3 Å². The normalized spacial score (nSPS) is 24.1. The van der Waals surface area contributed by atoms with Gasteiger partial charge in [-0.2, -0.15) is 0 Å². The third-order valence-corrected chi connectivity index (χ3v) is 10.4. The first-order valence-corrected chi connectivity index (χ1v) is 15.8. The molecule has 4 atom stereocenters. The molecule has 3 aromatic carbocycles. The molecule has 260 valence electrons. The number of nitrogens with two attached hydrogens (primary N) is 1. The highest BCUT2D eigenvalue weighted by molar-refractivity contribution is 6.25. The Hall–Kier alpha value is -6.19. The van der Waals surface area contributed by atoms with Gasteiger partial charge in [0.1, 0.15) is 22.8 Å². The summed E-state index contributed by atoms with van der Waals surface area (Å²) in [6.07, 6.45) is -0.259. The van der Waals surface area contributed by atoms with E-state index in [1.807, 2.05) is 0 Å². The Morgan fingerprint density at radius 1 is 1.00 bits per heavy atom. The number of carbonyl (C=O) groups is 5. The quantitative estimate of drug-likeness (QED) is 0.108. The number of Topliss-reactive ketones (excluding diaryl/α,β-unsaturated/α-hetero) is 2. The molecule has 3 amide bonds. The van der Waals surface area contributed by atoms with Crippen molar-refractivity contribution < 1.29 is 49.3 Å². The Labute approximate surface area is 288 Å². The minimum atomic E-state index is -2.86. The highest BCUT2D eigenvalue weighted by Gasteiger charge is 2.63. The molecule has 7 rings (SSSR count). The van der Waals surface area contributed by atoms with E-state index in [9.17, 15) is 54.5 Å². The van der Waals surface area contributed by atoms with E-state index in [0.717, 1.165) is 4.90 Å². The Balaban J connectivity index is 1.43. The molecule has 0 unspecified atom stereocenters. The van der Waals surface area contributed by atoms with Crippen LogP contribution in [0.2, 0.25) is 0 Å². The molecule has 0 saturated carbocycles. The van der Waals surface area contributed by atoms with Crippen LogP contribution in [0.3, 0.4) is 0 Å². The number of likely N-dealkylation sites (N-methyl/N-ethyl adjacent to an activating group) is 1. The number of amides is 3. The predicted molar refractivity (Wildman–Crippen MR) is 176 cm³/mol.